The topological polar surface area (TPSA) is 15.3 Å². The summed E-state index contributed by atoms with van der Waals surface area (Å²) in [5.74, 6) is 0. The van der Waals surface area contributed by atoms with Crippen molar-refractivity contribution in [2.24, 2.45) is 0 Å². The number of aromatic nitrogens is 2. The maximum Gasteiger partial charge on any atom is 0.0641 e. The predicted molar refractivity (Wildman–Crippen MR) is 283 cm³/mol. The first kappa shape index (κ1) is 38.6. The predicted octanol–water partition coefficient (Wildman–Crippen LogP) is 17.5. The molecule has 0 aliphatic heterocycles. The van der Waals surface area contributed by atoms with E-state index in [9.17, 15) is 0 Å². The summed E-state index contributed by atoms with van der Waals surface area (Å²) in [6.07, 6.45) is 0. The lowest BCUT2D eigenvalue weighted by atomic mass is 9.82. The van der Waals surface area contributed by atoms with Gasteiger partial charge in [0.05, 0.1) is 44.5 Å². The fraction of sp³-hybridized carbons (Fsp3) is 0.129. The second kappa shape index (κ2) is 13.8. The van der Waals surface area contributed by atoms with Crippen molar-refractivity contribution in [1.82, 2.24) is 8.80 Å². The minimum atomic E-state index is -0.188. The van der Waals surface area contributed by atoms with Crippen LogP contribution >= 0.6 is 0 Å². The van der Waals surface area contributed by atoms with Crippen molar-refractivity contribution in [3.05, 3.63) is 205 Å². The summed E-state index contributed by atoms with van der Waals surface area (Å²) in [5.41, 5.74) is 16.7. The van der Waals surface area contributed by atoms with Gasteiger partial charge in [-0.25, -0.2) is 0 Å². The Morgan fingerprint density at radius 3 is 0.924 bits per heavy atom. The summed E-state index contributed by atoms with van der Waals surface area (Å²) in [5, 5.41) is 10.2. The Bertz CT molecular complexity index is 3640. The molecule has 4 heterocycles. The number of rotatable bonds is 6. The lowest BCUT2D eigenvalue weighted by Crippen LogP contribution is -2.19. The molecular formula is C62H50N4. The van der Waals surface area contributed by atoms with Gasteiger partial charge in [-0.1, -0.05) is 151 Å². The van der Waals surface area contributed by atoms with Crippen LogP contribution in [0.2, 0.25) is 0 Å². The number of nitrogens with zero attached hydrogens (tertiary/aromatic N) is 4. The molecule has 0 unspecified atom stereocenters. The fourth-order valence-electron chi connectivity index (χ4n) is 11.3. The molecule has 0 fully saturated rings. The molecule has 0 aliphatic carbocycles. The Labute approximate surface area is 384 Å². The van der Waals surface area contributed by atoms with Crippen LogP contribution in [0.5, 0.6) is 0 Å². The Morgan fingerprint density at radius 1 is 0.303 bits per heavy atom. The van der Waals surface area contributed by atoms with E-state index in [1.807, 2.05) is 0 Å². The average Bonchev–Trinajstić information content (AvgIpc) is 4.05. The molecule has 0 spiro atoms. The third-order valence-electron chi connectivity index (χ3n) is 14.1. The maximum atomic E-state index is 2.58. The summed E-state index contributed by atoms with van der Waals surface area (Å²) < 4.78 is 5.16. The highest BCUT2D eigenvalue weighted by Gasteiger charge is 2.34. The van der Waals surface area contributed by atoms with Crippen molar-refractivity contribution in [2.45, 2.75) is 52.4 Å². The minimum absolute atomic E-state index is 0.188. The minimum Gasteiger partial charge on any atom is -0.309 e. The lowest BCUT2D eigenvalue weighted by molar-refractivity contribution is 0.592. The van der Waals surface area contributed by atoms with E-state index in [0.29, 0.717) is 0 Å². The molecule has 13 aromatic rings. The molecule has 66 heavy (non-hydrogen) atoms. The number of anilines is 6. The summed E-state index contributed by atoms with van der Waals surface area (Å²) in [4.78, 5) is 5.00. The van der Waals surface area contributed by atoms with Crippen molar-refractivity contribution < 1.29 is 0 Å². The molecule has 0 radical (unpaired) electrons. The van der Waals surface area contributed by atoms with E-state index in [2.05, 4.69) is 254 Å². The van der Waals surface area contributed by atoms with E-state index in [4.69, 9.17) is 0 Å². The fourth-order valence-corrected chi connectivity index (χ4v) is 11.3. The molecule has 0 bridgehead atoms. The van der Waals surface area contributed by atoms with Gasteiger partial charge in [-0.15, -0.1) is 0 Å². The molecule has 0 amide bonds. The van der Waals surface area contributed by atoms with Crippen LogP contribution in [0.1, 0.15) is 52.7 Å². The highest BCUT2D eigenvalue weighted by Crippen LogP contribution is 2.55. The molecule has 4 nitrogen and oxygen atoms in total. The van der Waals surface area contributed by atoms with Crippen molar-refractivity contribution in [1.29, 1.82) is 0 Å². The van der Waals surface area contributed by atoms with Gasteiger partial charge in [-0.2, -0.15) is 0 Å². The summed E-state index contributed by atoms with van der Waals surface area (Å²) in [6, 6.07) is 71.9. The average molecular weight is 851 g/mol. The van der Waals surface area contributed by atoms with E-state index in [-0.39, 0.29) is 10.8 Å². The Hall–Kier alpha value is -7.82. The molecule has 4 heteroatoms. The van der Waals surface area contributed by atoms with Crippen molar-refractivity contribution in [3.8, 4) is 0 Å². The largest absolute Gasteiger partial charge is 0.309 e. The highest BCUT2D eigenvalue weighted by atomic mass is 15.2. The van der Waals surface area contributed by atoms with Gasteiger partial charge in [0.2, 0.25) is 0 Å². The van der Waals surface area contributed by atoms with E-state index in [1.54, 1.807) is 0 Å². The van der Waals surface area contributed by atoms with Gasteiger partial charge in [0.1, 0.15) is 0 Å². The Kier molecular flexibility index (Phi) is 8.10. The van der Waals surface area contributed by atoms with Crippen molar-refractivity contribution in [2.75, 3.05) is 9.80 Å². The molecule has 0 aliphatic rings. The second-order valence-corrected chi connectivity index (χ2v) is 20.2. The summed E-state index contributed by atoms with van der Waals surface area (Å²) in [6.45, 7) is 14.2. The lowest BCUT2D eigenvalue weighted by Gasteiger charge is -2.33. The van der Waals surface area contributed by atoms with E-state index < -0.39 is 0 Å². The normalized spacial score (nSPS) is 12.7. The van der Waals surface area contributed by atoms with Crippen LogP contribution in [-0.4, -0.2) is 8.80 Å². The zero-order valence-electron chi connectivity index (χ0n) is 38.3. The first-order chi connectivity index (χ1) is 32.1. The van der Waals surface area contributed by atoms with Gasteiger partial charge in [0.25, 0.3) is 0 Å². The van der Waals surface area contributed by atoms with Crippen LogP contribution < -0.4 is 9.80 Å². The number of benzene rings is 9. The summed E-state index contributed by atoms with van der Waals surface area (Å²) in [7, 11) is 0. The number of hydrogen-bond acceptors (Lipinski definition) is 2. The van der Waals surface area contributed by atoms with Gasteiger partial charge in [0, 0.05) is 65.8 Å². The van der Waals surface area contributed by atoms with Crippen molar-refractivity contribution in [3.63, 3.8) is 0 Å². The van der Waals surface area contributed by atoms with Crippen molar-refractivity contribution >= 4 is 110 Å². The molecule has 0 saturated carbocycles. The zero-order chi connectivity index (χ0) is 44.6. The third kappa shape index (κ3) is 5.39. The molecule has 13 rings (SSSR count). The van der Waals surface area contributed by atoms with Crippen LogP contribution in [0.3, 0.4) is 0 Å². The van der Waals surface area contributed by atoms with Gasteiger partial charge in [0.15, 0.2) is 0 Å². The molecule has 0 atom stereocenters. The zero-order valence-corrected chi connectivity index (χ0v) is 38.3. The first-order valence-corrected chi connectivity index (χ1v) is 23.3. The van der Waals surface area contributed by atoms with Crippen LogP contribution in [0.15, 0.2) is 194 Å². The van der Waals surface area contributed by atoms with Gasteiger partial charge in [-0.05, 0) is 107 Å². The van der Waals surface area contributed by atoms with Crippen LogP contribution in [0, 0.1) is 0 Å². The molecule has 4 aromatic heterocycles. The van der Waals surface area contributed by atoms with Gasteiger partial charge in [-0.3, -0.25) is 0 Å². The monoisotopic (exact) mass is 850 g/mol. The summed E-state index contributed by atoms with van der Waals surface area (Å²) >= 11 is 0. The SMILES string of the molecule is CC(C)(C)c1cc2c3cc4c(cc3n3c5ccccc5c(c1N(c1ccccc1)c1ccccc1)c23)c1cc(C(C)(C)C)c(N(c2ccccc2)c2ccccc2)c2c3ccccc3n4c12. The quantitative estimate of drug-likeness (QED) is 0.166. The van der Waals surface area contributed by atoms with E-state index in [0.717, 1.165) is 22.7 Å². The molecule has 318 valence electrons. The van der Waals surface area contributed by atoms with Gasteiger partial charge < -0.3 is 18.6 Å². The number of hydrogen-bond donors (Lipinski definition) is 0. The number of fused-ring (bicyclic) bond motifs is 12. The standard InChI is InChI=1S/C62H50N4/c1-61(2,3)49-35-47-45-37-54-46(38-53(45)65-51-33-21-19-31-43(51)55(57(47)65)59(49)63(39-23-11-7-12-24-39)40-25-13-8-14-26-40)48-36-50(62(4,5)6)60(56-44-32-20-22-34-52(44)66(54)58(48)56)64(41-27-15-9-16-28-41)42-29-17-10-18-30-42/h7-38H,1-6H3. The highest BCUT2D eigenvalue weighted by molar-refractivity contribution is 6.33. The first-order valence-electron chi connectivity index (χ1n) is 23.3. The van der Waals surface area contributed by atoms with Crippen LogP contribution in [0.25, 0.3) is 76.2 Å². The molecule has 0 N–H and O–H groups in total. The van der Waals surface area contributed by atoms with E-state index in [1.165, 1.54) is 98.7 Å². The molecular weight excluding hydrogens is 801 g/mol. The van der Waals surface area contributed by atoms with Gasteiger partial charge >= 0.3 is 0 Å². The van der Waals surface area contributed by atoms with Crippen LogP contribution in [-0.2, 0) is 10.8 Å². The van der Waals surface area contributed by atoms with Crippen LogP contribution in [0.4, 0.5) is 34.1 Å². The smallest absolute Gasteiger partial charge is 0.0641 e. The third-order valence-corrected chi connectivity index (χ3v) is 14.1. The number of para-hydroxylation sites is 6. The Morgan fingerprint density at radius 2 is 0.606 bits per heavy atom. The molecule has 9 aromatic carbocycles. The second-order valence-electron chi connectivity index (χ2n) is 20.2. The van der Waals surface area contributed by atoms with E-state index >= 15 is 0 Å². The maximum absolute atomic E-state index is 2.58. The Balaban J connectivity index is 1.21. The molecule has 0 saturated heterocycles.